The molecule has 1 aliphatic rings. The van der Waals surface area contributed by atoms with Crippen molar-refractivity contribution in [3.8, 4) is 0 Å². The number of hydrogen-bond acceptors (Lipinski definition) is 4. The zero-order valence-electron chi connectivity index (χ0n) is 14.2. The number of sulfonamides is 1. The maximum Gasteiger partial charge on any atom is 0.240 e. The third-order valence-corrected chi connectivity index (χ3v) is 7.10. The van der Waals surface area contributed by atoms with Crippen LogP contribution in [0.25, 0.3) is 0 Å². The van der Waals surface area contributed by atoms with E-state index < -0.39 is 10.0 Å². The standard InChI is InChI=1S/C18H24N2O2S2/c1-14-7-8-16(12-15(14)2)24(21,22)19-13-17(18-6-5-11-23-18)20-9-3-4-10-20/h5-8,11-12,17,19H,3-4,9-10,13H2,1-2H3. The zero-order chi connectivity index (χ0) is 17.2. The second kappa shape index (κ2) is 7.35. The van der Waals surface area contributed by atoms with E-state index in [4.69, 9.17) is 0 Å². The fraction of sp³-hybridized carbons (Fsp3) is 0.444. The Kier molecular flexibility index (Phi) is 5.39. The van der Waals surface area contributed by atoms with Crippen LogP contribution in [0.5, 0.6) is 0 Å². The zero-order valence-corrected chi connectivity index (χ0v) is 15.8. The van der Waals surface area contributed by atoms with Crippen LogP contribution in [0.2, 0.25) is 0 Å². The molecule has 1 aromatic heterocycles. The first-order valence-corrected chi connectivity index (χ1v) is 10.7. The van der Waals surface area contributed by atoms with Gasteiger partial charge in [-0.1, -0.05) is 12.1 Å². The SMILES string of the molecule is Cc1ccc(S(=O)(=O)NCC(c2cccs2)N2CCCC2)cc1C. The molecule has 0 spiro atoms. The van der Waals surface area contributed by atoms with Gasteiger partial charge in [0, 0.05) is 11.4 Å². The Morgan fingerprint density at radius 3 is 2.54 bits per heavy atom. The maximum atomic E-state index is 12.7. The number of rotatable bonds is 6. The topological polar surface area (TPSA) is 49.4 Å². The van der Waals surface area contributed by atoms with E-state index in [0.717, 1.165) is 24.2 Å². The first-order chi connectivity index (χ1) is 11.5. The van der Waals surface area contributed by atoms with E-state index in [1.54, 1.807) is 23.5 Å². The summed E-state index contributed by atoms with van der Waals surface area (Å²) in [5, 5.41) is 2.05. The van der Waals surface area contributed by atoms with Crippen LogP contribution < -0.4 is 4.72 Å². The minimum absolute atomic E-state index is 0.119. The second-order valence-corrected chi connectivity index (χ2v) is 9.12. The number of hydrogen-bond donors (Lipinski definition) is 1. The molecule has 1 aliphatic heterocycles. The molecule has 2 heterocycles. The van der Waals surface area contributed by atoms with E-state index in [1.165, 1.54) is 17.7 Å². The number of benzene rings is 1. The molecular weight excluding hydrogens is 340 g/mol. The van der Waals surface area contributed by atoms with Crippen molar-refractivity contribution >= 4 is 21.4 Å². The number of thiophene rings is 1. The fourth-order valence-corrected chi connectivity index (χ4v) is 5.08. The highest BCUT2D eigenvalue weighted by Gasteiger charge is 2.26. The van der Waals surface area contributed by atoms with Crippen molar-refractivity contribution in [1.82, 2.24) is 9.62 Å². The molecule has 0 radical (unpaired) electrons. The van der Waals surface area contributed by atoms with Gasteiger partial charge in [0.05, 0.1) is 10.9 Å². The highest BCUT2D eigenvalue weighted by atomic mass is 32.2. The lowest BCUT2D eigenvalue weighted by Gasteiger charge is -2.26. The Morgan fingerprint density at radius 2 is 1.92 bits per heavy atom. The van der Waals surface area contributed by atoms with Gasteiger partial charge in [-0.15, -0.1) is 11.3 Å². The smallest absolute Gasteiger partial charge is 0.240 e. The summed E-state index contributed by atoms with van der Waals surface area (Å²) < 4.78 is 28.1. The van der Waals surface area contributed by atoms with Gasteiger partial charge >= 0.3 is 0 Å². The van der Waals surface area contributed by atoms with Crippen molar-refractivity contribution in [1.29, 1.82) is 0 Å². The Labute approximate surface area is 148 Å². The molecule has 130 valence electrons. The van der Waals surface area contributed by atoms with Gasteiger partial charge in [-0.05, 0) is 74.5 Å². The van der Waals surface area contributed by atoms with Crippen LogP contribution in [0.15, 0.2) is 40.6 Å². The molecule has 0 aliphatic carbocycles. The van der Waals surface area contributed by atoms with Crippen molar-refractivity contribution in [3.05, 3.63) is 51.7 Å². The molecule has 1 saturated heterocycles. The molecule has 1 fully saturated rings. The molecule has 1 atom stereocenters. The quantitative estimate of drug-likeness (QED) is 0.854. The summed E-state index contributed by atoms with van der Waals surface area (Å²) >= 11 is 1.69. The highest BCUT2D eigenvalue weighted by molar-refractivity contribution is 7.89. The minimum Gasteiger partial charge on any atom is -0.294 e. The third kappa shape index (κ3) is 3.88. The minimum atomic E-state index is -3.49. The van der Waals surface area contributed by atoms with Crippen LogP contribution in [0, 0.1) is 13.8 Å². The number of likely N-dealkylation sites (tertiary alicyclic amines) is 1. The largest absolute Gasteiger partial charge is 0.294 e. The summed E-state index contributed by atoms with van der Waals surface area (Å²) in [6.45, 7) is 6.41. The average Bonchev–Trinajstić information content (AvgIpc) is 3.24. The third-order valence-electron chi connectivity index (χ3n) is 4.71. The normalized spacial score (nSPS) is 17.2. The molecule has 0 saturated carbocycles. The molecule has 6 heteroatoms. The molecule has 1 unspecified atom stereocenters. The van der Waals surface area contributed by atoms with Crippen LogP contribution in [0.3, 0.4) is 0 Å². The van der Waals surface area contributed by atoms with Gasteiger partial charge in [-0.2, -0.15) is 0 Å². The van der Waals surface area contributed by atoms with Gasteiger partial charge in [0.25, 0.3) is 0 Å². The van der Waals surface area contributed by atoms with E-state index >= 15 is 0 Å². The van der Waals surface area contributed by atoms with Gasteiger partial charge < -0.3 is 0 Å². The van der Waals surface area contributed by atoms with Crippen molar-refractivity contribution in [2.45, 2.75) is 37.6 Å². The summed E-state index contributed by atoms with van der Waals surface area (Å²) in [5.41, 5.74) is 2.09. The van der Waals surface area contributed by atoms with Gasteiger partial charge in [0.1, 0.15) is 0 Å². The predicted octanol–water partition coefficient (Wildman–Crippen LogP) is 3.48. The van der Waals surface area contributed by atoms with Gasteiger partial charge in [0.2, 0.25) is 10.0 Å². The Balaban J connectivity index is 1.76. The maximum absolute atomic E-state index is 12.7. The van der Waals surface area contributed by atoms with E-state index in [2.05, 4.69) is 21.1 Å². The monoisotopic (exact) mass is 364 g/mol. The van der Waals surface area contributed by atoms with Crippen LogP contribution >= 0.6 is 11.3 Å². The molecular formula is C18H24N2O2S2. The predicted molar refractivity (Wildman–Crippen MR) is 99.0 cm³/mol. The van der Waals surface area contributed by atoms with Crippen LogP contribution in [0.4, 0.5) is 0 Å². The molecule has 1 aromatic carbocycles. The van der Waals surface area contributed by atoms with E-state index in [1.807, 2.05) is 26.0 Å². The molecule has 0 amide bonds. The summed E-state index contributed by atoms with van der Waals surface area (Å²) in [5.74, 6) is 0. The van der Waals surface area contributed by atoms with Crippen molar-refractivity contribution in [2.24, 2.45) is 0 Å². The average molecular weight is 365 g/mol. The van der Waals surface area contributed by atoms with Crippen LogP contribution in [0.1, 0.15) is 34.9 Å². The number of aryl methyl sites for hydroxylation is 2. The molecule has 1 N–H and O–H groups in total. The second-order valence-electron chi connectivity index (χ2n) is 6.37. The molecule has 3 rings (SSSR count). The summed E-state index contributed by atoms with van der Waals surface area (Å²) in [6.07, 6.45) is 2.37. The van der Waals surface area contributed by atoms with Gasteiger partial charge in [0.15, 0.2) is 0 Å². The summed E-state index contributed by atoms with van der Waals surface area (Å²) in [4.78, 5) is 3.95. The lowest BCUT2D eigenvalue weighted by atomic mass is 10.1. The first-order valence-electron chi connectivity index (χ1n) is 8.32. The highest BCUT2D eigenvalue weighted by Crippen LogP contribution is 2.28. The van der Waals surface area contributed by atoms with E-state index in [-0.39, 0.29) is 6.04 Å². The Morgan fingerprint density at radius 1 is 1.17 bits per heavy atom. The number of nitrogens with one attached hydrogen (secondary N) is 1. The fourth-order valence-electron chi connectivity index (χ4n) is 3.10. The first kappa shape index (κ1) is 17.6. The van der Waals surface area contributed by atoms with Crippen molar-refractivity contribution < 1.29 is 8.42 Å². The van der Waals surface area contributed by atoms with Crippen molar-refractivity contribution in [2.75, 3.05) is 19.6 Å². The summed E-state index contributed by atoms with van der Waals surface area (Å²) in [6, 6.07) is 9.53. The van der Waals surface area contributed by atoms with Crippen molar-refractivity contribution in [3.63, 3.8) is 0 Å². The molecule has 24 heavy (non-hydrogen) atoms. The lowest BCUT2D eigenvalue weighted by molar-refractivity contribution is 0.250. The lowest BCUT2D eigenvalue weighted by Crippen LogP contribution is -2.36. The van der Waals surface area contributed by atoms with Gasteiger partial charge in [-0.25, -0.2) is 13.1 Å². The number of nitrogens with zero attached hydrogens (tertiary/aromatic N) is 1. The van der Waals surface area contributed by atoms with Crippen LogP contribution in [-0.2, 0) is 10.0 Å². The van der Waals surface area contributed by atoms with Gasteiger partial charge in [-0.3, -0.25) is 4.90 Å². The molecule has 2 aromatic rings. The van der Waals surface area contributed by atoms with E-state index in [9.17, 15) is 8.42 Å². The summed E-state index contributed by atoms with van der Waals surface area (Å²) in [7, 11) is -3.49. The molecule has 0 bridgehead atoms. The Hall–Kier alpha value is -1.21. The molecule has 4 nitrogen and oxygen atoms in total. The Bertz CT molecular complexity index is 779. The van der Waals surface area contributed by atoms with E-state index in [0.29, 0.717) is 11.4 Å². The van der Waals surface area contributed by atoms with Crippen LogP contribution in [-0.4, -0.2) is 33.0 Å².